The van der Waals surface area contributed by atoms with E-state index in [0.717, 1.165) is 24.3 Å². The van der Waals surface area contributed by atoms with Crippen molar-refractivity contribution in [3.8, 4) is 0 Å². The Balaban J connectivity index is 1.39. The van der Waals surface area contributed by atoms with Crippen molar-refractivity contribution in [1.82, 2.24) is 0 Å². The lowest BCUT2D eigenvalue weighted by Gasteiger charge is -2.35. The quantitative estimate of drug-likeness (QED) is 0.0891. The summed E-state index contributed by atoms with van der Waals surface area (Å²) >= 11 is 0. The van der Waals surface area contributed by atoms with Crippen molar-refractivity contribution in [2.45, 2.75) is 38.3 Å². The highest BCUT2D eigenvalue weighted by Gasteiger charge is 2.39. The Bertz CT molecular complexity index is 1900. The molecule has 0 spiro atoms. The van der Waals surface area contributed by atoms with E-state index in [0.29, 0.717) is 0 Å². The molecule has 288 valence electrons. The summed E-state index contributed by atoms with van der Waals surface area (Å²) in [5.41, 5.74) is -1.49. The van der Waals surface area contributed by atoms with Crippen LogP contribution in [0, 0.1) is 11.8 Å². The van der Waals surface area contributed by atoms with Crippen LogP contribution in [0.25, 0.3) is 0 Å². The van der Waals surface area contributed by atoms with E-state index in [4.69, 9.17) is 18.9 Å². The Morgan fingerprint density at radius 1 is 0.375 bits per heavy atom. The Hall–Kier alpha value is -7.36. The first-order valence-electron chi connectivity index (χ1n) is 16.9. The molecule has 16 nitrogen and oxygen atoms in total. The summed E-state index contributed by atoms with van der Waals surface area (Å²) in [5.74, 6) is -10.8. The van der Waals surface area contributed by atoms with E-state index >= 15 is 0 Å². The fraction of sp³-hybridized carbons (Fsp3) is 0.200. The topological polar surface area (TPSA) is 254 Å². The lowest BCUT2D eigenvalue weighted by Crippen LogP contribution is -2.39. The molecule has 0 bridgehead atoms. The number of hydrogen-bond acceptors (Lipinski definition) is 12. The third-order valence-electron chi connectivity index (χ3n) is 8.86. The van der Waals surface area contributed by atoms with E-state index < -0.39 is 72.2 Å². The summed E-state index contributed by atoms with van der Waals surface area (Å²) in [4.78, 5) is 99.2. The predicted octanol–water partition coefficient (Wildman–Crippen LogP) is 5.67. The molecule has 4 N–H and O–H groups in total. The van der Waals surface area contributed by atoms with Crippen LogP contribution in [0.15, 0.2) is 97.1 Å². The highest BCUT2D eigenvalue weighted by atomic mass is 16.7. The summed E-state index contributed by atoms with van der Waals surface area (Å²) in [6.07, 6.45) is -2.74. The van der Waals surface area contributed by atoms with Gasteiger partial charge in [0.25, 0.3) is 12.6 Å². The first-order chi connectivity index (χ1) is 26.7. The number of carboxylic acid groups (broad SMARTS) is 4. The second-order valence-electron chi connectivity index (χ2n) is 12.6. The molecular weight excluding hydrogens is 736 g/mol. The van der Waals surface area contributed by atoms with E-state index in [1.165, 1.54) is 72.8 Å². The van der Waals surface area contributed by atoms with Gasteiger partial charge < -0.3 is 39.4 Å². The van der Waals surface area contributed by atoms with Gasteiger partial charge in [-0.1, -0.05) is 24.3 Å². The van der Waals surface area contributed by atoms with Crippen LogP contribution >= 0.6 is 0 Å². The van der Waals surface area contributed by atoms with Crippen LogP contribution in [0.5, 0.6) is 0 Å². The molecule has 1 aliphatic rings. The number of carbonyl (C=O) groups is 8. The summed E-state index contributed by atoms with van der Waals surface area (Å²) < 4.78 is 22.5. The van der Waals surface area contributed by atoms with Crippen molar-refractivity contribution < 1.29 is 77.7 Å². The van der Waals surface area contributed by atoms with Crippen LogP contribution in [0.3, 0.4) is 0 Å². The smallest absolute Gasteiger partial charge is 0.341 e. The lowest BCUT2D eigenvalue weighted by atomic mass is 9.81. The van der Waals surface area contributed by atoms with Gasteiger partial charge in [-0.25, -0.2) is 38.4 Å². The molecule has 5 rings (SSSR count). The van der Waals surface area contributed by atoms with Gasteiger partial charge in [0.1, 0.15) is 0 Å². The fourth-order valence-corrected chi connectivity index (χ4v) is 5.93. The average Bonchev–Trinajstić information content (AvgIpc) is 3.20. The van der Waals surface area contributed by atoms with Gasteiger partial charge in [-0.15, -0.1) is 0 Å². The van der Waals surface area contributed by atoms with Crippen molar-refractivity contribution in [3.05, 3.63) is 142 Å². The summed E-state index contributed by atoms with van der Waals surface area (Å²) in [5, 5.41) is 37.5. The molecule has 4 aromatic rings. The van der Waals surface area contributed by atoms with Crippen LogP contribution in [0.1, 0.15) is 109 Å². The van der Waals surface area contributed by atoms with E-state index in [-0.39, 0.29) is 70.2 Å². The second-order valence-corrected chi connectivity index (χ2v) is 12.6. The number of hydrogen-bond donors (Lipinski definition) is 4. The predicted molar refractivity (Wildman–Crippen MR) is 188 cm³/mol. The average molecular weight is 769 g/mol. The molecule has 16 heteroatoms. The number of carboxylic acids is 4. The number of carbonyl (C=O) groups excluding carboxylic acids is 4. The lowest BCUT2D eigenvalue weighted by molar-refractivity contribution is -0.140. The molecule has 0 heterocycles. The number of benzene rings is 4. The van der Waals surface area contributed by atoms with Crippen molar-refractivity contribution in [1.29, 1.82) is 0 Å². The SMILES string of the molecule is O=C(O)c1cccc(C(=O)OC(OC(=O)c2cccc(C(=O)O)c2)C2CCC(C(OC(=O)c3cccc(C(=O)O)c3)OC(=O)c3cccc(C(=O)O)c3)CC2)c1. The first-order valence-corrected chi connectivity index (χ1v) is 16.9. The molecule has 0 radical (unpaired) electrons. The molecule has 0 aliphatic heterocycles. The largest absolute Gasteiger partial charge is 0.478 e. The minimum atomic E-state index is -1.58. The molecule has 0 atom stereocenters. The fourth-order valence-electron chi connectivity index (χ4n) is 5.93. The zero-order valence-electron chi connectivity index (χ0n) is 29.1. The molecule has 0 amide bonds. The van der Waals surface area contributed by atoms with Gasteiger partial charge in [-0.3, -0.25) is 0 Å². The Kier molecular flexibility index (Phi) is 12.6. The van der Waals surface area contributed by atoms with Crippen molar-refractivity contribution in [2.24, 2.45) is 11.8 Å². The summed E-state index contributed by atoms with van der Waals surface area (Å²) in [7, 11) is 0. The molecule has 1 aliphatic carbocycles. The van der Waals surface area contributed by atoms with Gasteiger partial charge in [0.05, 0.1) is 44.5 Å². The van der Waals surface area contributed by atoms with Crippen molar-refractivity contribution in [3.63, 3.8) is 0 Å². The monoisotopic (exact) mass is 768 g/mol. The normalized spacial score (nSPS) is 15.0. The van der Waals surface area contributed by atoms with Gasteiger partial charge in [-0.05, 0) is 98.5 Å². The zero-order valence-corrected chi connectivity index (χ0v) is 29.1. The molecular formula is C40H32O16. The van der Waals surface area contributed by atoms with Gasteiger partial charge >= 0.3 is 47.8 Å². The third-order valence-corrected chi connectivity index (χ3v) is 8.86. The maximum Gasteiger partial charge on any atom is 0.341 e. The summed E-state index contributed by atoms with van der Waals surface area (Å²) in [6.45, 7) is 0. The molecule has 0 aromatic heterocycles. The highest BCUT2D eigenvalue weighted by molar-refractivity contribution is 5.97. The molecule has 4 aromatic carbocycles. The summed E-state index contributed by atoms with van der Waals surface area (Å²) in [6, 6.07) is 19.8. The van der Waals surface area contributed by atoms with E-state index in [1.54, 1.807) is 0 Å². The van der Waals surface area contributed by atoms with E-state index in [9.17, 15) is 58.8 Å². The van der Waals surface area contributed by atoms with Gasteiger partial charge in [0.2, 0.25) is 0 Å². The number of aromatic carboxylic acids is 4. The molecule has 1 saturated carbocycles. The highest BCUT2D eigenvalue weighted by Crippen LogP contribution is 2.37. The Labute approximate surface area is 316 Å². The Morgan fingerprint density at radius 3 is 0.768 bits per heavy atom. The second kappa shape index (κ2) is 17.6. The van der Waals surface area contributed by atoms with E-state index in [2.05, 4.69) is 0 Å². The standard InChI is InChI=1S/C40H32O16/c41-31(42)23-5-1-9-27(17-23)35(49)53-39(54-36(50)28-10-2-6-24(18-28)32(43)44)21-13-15-22(16-14-21)40(55-37(51)29-11-3-7-25(19-29)33(45)46)56-38(52)30-12-4-8-26(20-30)34(47)48/h1-12,17-22,39-40H,13-16H2,(H,41,42)(H,43,44)(H,45,46)(H,47,48). The minimum absolute atomic E-state index is 0.106. The Morgan fingerprint density at radius 2 is 0.571 bits per heavy atom. The molecule has 1 fully saturated rings. The van der Waals surface area contributed by atoms with Crippen LogP contribution in [0.4, 0.5) is 0 Å². The first kappa shape index (κ1) is 39.8. The number of esters is 4. The van der Waals surface area contributed by atoms with Gasteiger partial charge in [-0.2, -0.15) is 0 Å². The van der Waals surface area contributed by atoms with Crippen molar-refractivity contribution >= 4 is 47.8 Å². The van der Waals surface area contributed by atoms with Crippen LogP contribution in [-0.2, 0) is 18.9 Å². The third kappa shape index (κ3) is 9.98. The minimum Gasteiger partial charge on any atom is -0.478 e. The maximum absolute atomic E-state index is 13.3. The van der Waals surface area contributed by atoms with Gasteiger partial charge in [0, 0.05) is 11.8 Å². The molecule has 0 unspecified atom stereocenters. The zero-order chi connectivity index (χ0) is 40.5. The van der Waals surface area contributed by atoms with Gasteiger partial charge in [0.15, 0.2) is 0 Å². The van der Waals surface area contributed by atoms with Crippen LogP contribution in [-0.4, -0.2) is 80.8 Å². The van der Waals surface area contributed by atoms with Crippen LogP contribution < -0.4 is 0 Å². The van der Waals surface area contributed by atoms with Crippen molar-refractivity contribution in [2.75, 3.05) is 0 Å². The number of ether oxygens (including phenoxy) is 4. The maximum atomic E-state index is 13.3. The van der Waals surface area contributed by atoms with Crippen LogP contribution in [0.2, 0.25) is 0 Å². The molecule has 56 heavy (non-hydrogen) atoms. The number of rotatable bonds is 14. The molecule has 0 saturated heterocycles. The van der Waals surface area contributed by atoms with E-state index in [1.807, 2.05) is 0 Å².